The van der Waals surface area contributed by atoms with Crippen molar-refractivity contribution in [2.45, 2.75) is 24.7 Å². The summed E-state index contributed by atoms with van der Waals surface area (Å²) >= 11 is 0. The Balaban J connectivity index is 0.00000288. The van der Waals surface area contributed by atoms with E-state index in [4.69, 9.17) is 10.5 Å². The Labute approximate surface area is 148 Å². The number of rotatable bonds is 6. The summed E-state index contributed by atoms with van der Waals surface area (Å²) in [6.45, 7) is 4.11. The van der Waals surface area contributed by atoms with Gasteiger partial charge in [0.2, 0.25) is 10.0 Å². The maximum Gasteiger partial charge on any atom is 0.252 e. The summed E-state index contributed by atoms with van der Waals surface area (Å²) in [5.41, 5.74) is 5.19. The molecule has 1 unspecified atom stereocenters. The van der Waals surface area contributed by atoms with Crippen molar-refractivity contribution in [2.24, 2.45) is 11.1 Å². The maximum atomic E-state index is 12.5. The van der Waals surface area contributed by atoms with Crippen LogP contribution in [0.5, 0.6) is 5.75 Å². The van der Waals surface area contributed by atoms with Crippen molar-refractivity contribution in [3.8, 4) is 5.75 Å². The molecule has 1 amide bonds. The van der Waals surface area contributed by atoms with Gasteiger partial charge in [-0.2, -0.15) is 0 Å². The largest absolute Gasteiger partial charge is 0.496 e. The number of hydrogen-bond acceptors (Lipinski definition) is 5. The molecule has 2 rings (SSSR count). The van der Waals surface area contributed by atoms with Crippen LogP contribution in [0.1, 0.15) is 30.1 Å². The molecule has 1 heterocycles. The van der Waals surface area contributed by atoms with Gasteiger partial charge in [0.25, 0.3) is 5.91 Å². The Kier molecular flexibility index (Phi) is 7.03. The van der Waals surface area contributed by atoms with E-state index in [1.54, 1.807) is 0 Å². The van der Waals surface area contributed by atoms with E-state index in [1.807, 2.05) is 6.92 Å². The van der Waals surface area contributed by atoms with Gasteiger partial charge in [0, 0.05) is 13.1 Å². The van der Waals surface area contributed by atoms with E-state index in [9.17, 15) is 13.2 Å². The highest BCUT2D eigenvalue weighted by atomic mass is 35.5. The third-order valence-electron chi connectivity index (χ3n) is 4.12. The zero-order chi connectivity index (χ0) is 17.1. The summed E-state index contributed by atoms with van der Waals surface area (Å²) in [6.07, 6.45) is 1.98. The van der Waals surface area contributed by atoms with Crippen molar-refractivity contribution in [1.82, 2.24) is 10.0 Å². The summed E-state index contributed by atoms with van der Waals surface area (Å²) in [6, 6.07) is 4.07. The third-order valence-corrected chi connectivity index (χ3v) is 5.52. The third kappa shape index (κ3) is 4.83. The number of carbonyl (C=O) groups is 1. The molecule has 1 aromatic carbocycles. The SMILES string of the molecule is COc1ccc(S(=O)(=O)NCC2(C)CCCNC2)cc1C(N)=O.Cl. The van der Waals surface area contributed by atoms with Crippen LogP contribution in [-0.4, -0.2) is 41.1 Å². The second-order valence-electron chi connectivity index (χ2n) is 6.14. The standard InChI is InChI=1S/C15H23N3O4S.ClH/c1-15(6-3-7-17-9-15)10-18-23(20,21)11-4-5-13(22-2)12(8-11)14(16)19;/h4-5,8,17-18H,3,6-7,9-10H2,1-2H3,(H2,16,19);1H. The molecule has 0 saturated carbocycles. The lowest BCUT2D eigenvalue weighted by molar-refractivity contribution is 0.0997. The van der Waals surface area contributed by atoms with Crippen LogP contribution < -0.4 is 20.5 Å². The Bertz CT molecular complexity index is 688. The van der Waals surface area contributed by atoms with Crippen LogP contribution in [0.2, 0.25) is 0 Å². The molecule has 7 nitrogen and oxygen atoms in total. The van der Waals surface area contributed by atoms with E-state index in [-0.39, 0.29) is 34.0 Å². The van der Waals surface area contributed by atoms with Gasteiger partial charge in [-0.1, -0.05) is 6.92 Å². The monoisotopic (exact) mass is 377 g/mol. The number of nitrogens with one attached hydrogen (secondary N) is 2. The first kappa shape index (κ1) is 20.7. The van der Waals surface area contributed by atoms with E-state index >= 15 is 0 Å². The molecule has 1 aliphatic rings. The van der Waals surface area contributed by atoms with Gasteiger partial charge in [-0.25, -0.2) is 13.1 Å². The molecule has 9 heteroatoms. The lowest BCUT2D eigenvalue weighted by Crippen LogP contribution is -2.45. The summed E-state index contributed by atoms with van der Waals surface area (Å²) in [5, 5.41) is 3.28. The van der Waals surface area contributed by atoms with Crippen molar-refractivity contribution in [1.29, 1.82) is 0 Å². The average molecular weight is 378 g/mol. The van der Waals surface area contributed by atoms with Crippen LogP contribution >= 0.6 is 12.4 Å². The molecule has 1 fully saturated rings. The fourth-order valence-electron chi connectivity index (χ4n) is 2.67. The molecule has 1 atom stereocenters. The number of ether oxygens (including phenoxy) is 1. The highest BCUT2D eigenvalue weighted by molar-refractivity contribution is 7.89. The number of benzene rings is 1. The van der Waals surface area contributed by atoms with Crippen LogP contribution in [0.15, 0.2) is 23.1 Å². The minimum atomic E-state index is -3.72. The second kappa shape index (κ2) is 8.15. The molecule has 136 valence electrons. The van der Waals surface area contributed by atoms with Crippen molar-refractivity contribution in [2.75, 3.05) is 26.7 Å². The zero-order valence-electron chi connectivity index (χ0n) is 13.8. The Hall–Kier alpha value is -1.35. The summed E-state index contributed by atoms with van der Waals surface area (Å²) in [7, 11) is -2.33. The molecule has 24 heavy (non-hydrogen) atoms. The first-order valence-corrected chi connectivity index (χ1v) is 8.94. The molecule has 4 N–H and O–H groups in total. The second-order valence-corrected chi connectivity index (χ2v) is 7.91. The fraction of sp³-hybridized carbons (Fsp3) is 0.533. The van der Waals surface area contributed by atoms with Crippen LogP contribution in [0.3, 0.4) is 0 Å². The molecule has 0 radical (unpaired) electrons. The van der Waals surface area contributed by atoms with Crippen LogP contribution in [0.25, 0.3) is 0 Å². The van der Waals surface area contributed by atoms with Crippen LogP contribution in [0.4, 0.5) is 0 Å². The number of piperidine rings is 1. The number of carbonyl (C=O) groups excluding carboxylic acids is 1. The van der Waals surface area contributed by atoms with Crippen LogP contribution in [0, 0.1) is 5.41 Å². The van der Waals surface area contributed by atoms with Gasteiger partial charge in [-0.15, -0.1) is 12.4 Å². The van der Waals surface area contributed by atoms with Gasteiger partial charge in [0.05, 0.1) is 17.6 Å². The number of halogens is 1. The molecule has 1 aliphatic heterocycles. The smallest absolute Gasteiger partial charge is 0.252 e. The highest BCUT2D eigenvalue weighted by Crippen LogP contribution is 2.26. The van der Waals surface area contributed by atoms with Crippen LogP contribution in [-0.2, 0) is 10.0 Å². The predicted octanol–water partition coefficient (Wildman–Crippen LogP) is 0.884. The first-order chi connectivity index (χ1) is 10.8. The zero-order valence-corrected chi connectivity index (χ0v) is 15.4. The molecule has 0 spiro atoms. The topological polar surface area (TPSA) is 111 Å². The Morgan fingerprint density at radius 3 is 2.71 bits per heavy atom. The molecule has 0 bridgehead atoms. The number of primary amides is 1. The van der Waals surface area contributed by atoms with Gasteiger partial charge < -0.3 is 15.8 Å². The maximum absolute atomic E-state index is 12.5. The van der Waals surface area contributed by atoms with Crippen molar-refractivity contribution in [3.63, 3.8) is 0 Å². The number of hydrogen-bond donors (Lipinski definition) is 3. The lowest BCUT2D eigenvalue weighted by Gasteiger charge is -2.34. The summed E-state index contributed by atoms with van der Waals surface area (Å²) in [5.74, 6) is -0.484. The summed E-state index contributed by atoms with van der Waals surface area (Å²) < 4.78 is 32.6. The van der Waals surface area contributed by atoms with E-state index in [2.05, 4.69) is 10.0 Å². The van der Waals surface area contributed by atoms with E-state index < -0.39 is 15.9 Å². The summed E-state index contributed by atoms with van der Waals surface area (Å²) in [4.78, 5) is 11.4. The van der Waals surface area contributed by atoms with Crippen molar-refractivity contribution < 1.29 is 17.9 Å². The molecule has 1 saturated heterocycles. The first-order valence-electron chi connectivity index (χ1n) is 7.46. The fourth-order valence-corrected chi connectivity index (χ4v) is 3.89. The Morgan fingerprint density at radius 2 is 2.17 bits per heavy atom. The lowest BCUT2D eigenvalue weighted by atomic mass is 9.83. The van der Waals surface area contributed by atoms with E-state index in [1.165, 1.54) is 25.3 Å². The van der Waals surface area contributed by atoms with Crippen molar-refractivity contribution >= 4 is 28.3 Å². The highest BCUT2D eigenvalue weighted by Gasteiger charge is 2.29. The van der Waals surface area contributed by atoms with Gasteiger partial charge >= 0.3 is 0 Å². The van der Waals surface area contributed by atoms with E-state index in [0.717, 1.165) is 25.9 Å². The van der Waals surface area contributed by atoms with Gasteiger partial charge in [-0.05, 0) is 43.0 Å². The molecule has 1 aromatic rings. The number of methoxy groups -OCH3 is 1. The van der Waals surface area contributed by atoms with E-state index in [0.29, 0.717) is 6.54 Å². The minimum absolute atomic E-state index is 0. The average Bonchev–Trinajstić information content (AvgIpc) is 2.53. The quantitative estimate of drug-likeness (QED) is 0.681. The van der Waals surface area contributed by atoms with Gasteiger partial charge in [0.1, 0.15) is 5.75 Å². The molecule has 0 aromatic heterocycles. The normalized spacial score (nSPS) is 20.9. The van der Waals surface area contributed by atoms with Gasteiger partial charge in [0.15, 0.2) is 0 Å². The molecular formula is C15H24ClN3O4S. The number of nitrogens with two attached hydrogens (primary N) is 1. The predicted molar refractivity (Wildman–Crippen MR) is 94.2 cm³/mol. The van der Waals surface area contributed by atoms with Gasteiger partial charge in [-0.3, -0.25) is 4.79 Å². The Morgan fingerprint density at radius 1 is 1.46 bits per heavy atom. The number of amides is 1. The number of sulfonamides is 1. The molecular weight excluding hydrogens is 354 g/mol. The molecule has 0 aliphatic carbocycles. The van der Waals surface area contributed by atoms with Crippen molar-refractivity contribution in [3.05, 3.63) is 23.8 Å². The minimum Gasteiger partial charge on any atom is -0.496 e.